The van der Waals surface area contributed by atoms with E-state index in [0.717, 1.165) is 47.2 Å². The van der Waals surface area contributed by atoms with Crippen molar-refractivity contribution in [3.8, 4) is 17.1 Å². The van der Waals surface area contributed by atoms with Crippen molar-refractivity contribution in [3.63, 3.8) is 0 Å². The van der Waals surface area contributed by atoms with Gasteiger partial charge in [-0.25, -0.2) is 9.78 Å². The Labute approximate surface area is 195 Å². The lowest BCUT2D eigenvalue weighted by molar-refractivity contribution is -0.00770. The van der Waals surface area contributed by atoms with Gasteiger partial charge in [-0.3, -0.25) is 0 Å². The molecule has 2 bridgehead atoms. The number of rotatable bonds is 3. The summed E-state index contributed by atoms with van der Waals surface area (Å²) in [5.74, 6) is 0.499. The number of benzene rings is 1. The lowest BCUT2D eigenvalue weighted by Crippen LogP contribution is -2.50. The maximum Gasteiger partial charge on any atom is 0.410 e. The number of carbonyl (C=O) groups excluding carboxylic acids is 1. The number of hydrogen-bond donors (Lipinski definition) is 0. The Morgan fingerprint density at radius 2 is 1.88 bits per heavy atom. The number of piperidine rings is 1. The van der Waals surface area contributed by atoms with Gasteiger partial charge in [0, 0.05) is 36.6 Å². The molecule has 2 atom stereocenters. The molecule has 0 N–H and O–H groups in total. The molecule has 1 aromatic carbocycles. The third kappa shape index (κ3) is 4.13. The molecule has 2 fully saturated rings. The number of hydrogen-bond acceptors (Lipinski definition) is 7. The fourth-order valence-electron chi connectivity index (χ4n) is 4.65. The molecule has 32 heavy (non-hydrogen) atoms. The summed E-state index contributed by atoms with van der Waals surface area (Å²) in [5, 5.41) is 9.33. The second-order valence-corrected chi connectivity index (χ2v) is 10.6. The molecule has 2 unspecified atom stereocenters. The number of nitrogens with zero attached hydrogens (tertiary/aromatic N) is 4. The Bertz CT molecular complexity index is 1130. The molecule has 5 rings (SSSR count). The molecule has 2 aliphatic heterocycles. The van der Waals surface area contributed by atoms with Crippen molar-refractivity contribution in [2.75, 3.05) is 0 Å². The van der Waals surface area contributed by atoms with Gasteiger partial charge in [-0.1, -0.05) is 11.6 Å². The van der Waals surface area contributed by atoms with Crippen LogP contribution in [-0.2, 0) is 4.74 Å². The predicted molar refractivity (Wildman–Crippen MR) is 124 cm³/mol. The topological polar surface area (TPSA) is 77.4 Å². The standard InChI is InChI=1S/C23H25ClN4O3S/c1-23(2,3)31-22(29)28-13-4-5-14(28)11-15(10-13)30-19-9-8-18(26-27-19)16-6-7-17(24)20-21(16)32-12-25-20/h6-9,12-15H,4-5,10-11H2,1-3H3. The van der Waals surface area contributed by atoms with Crippen molar-refractivity contribution >= 4 is 39.2 Å². The summed E-state index contributed by atoms with van der Waals surface area (Å²) in [6.07, 6.45) is 3.31. The van der Waals surface area contributed by atoms with E-state index in [0.29, 0.717) is 10.9 Å². The zero-order valence-corrected chi connectivity index (χ0v) is 19.8. The number of halogens is 1. The largest absolute Gasteiger partial charge is 0.473 e. The van der Waals surface area contributed by atoms with Crippen molar-refractivity contribution < 1.29 is 14.3 Å². The van der Waals surface area contributed by atoms with Gasteiger partial charge in [0.1, 0.15) is 17.2 Å². The SMILES string of the molecule is CC(C)(C)OC(=O)N1C2CCC1CC(Oc1ccc(-c3ccc(Cl)c4ncsc34)nn1)C2. The zero-order chi connectivity index (χ0) is 22.5. The highest BCUT2D eigenvalue weighted by Crippen LogP contribution is 2.38. The maximum atomic E-state index is 12.6. The second kappa shape index (κ2) is 8.15. The Balaban J connectivity index is 1.27. The summed E-state index contributed by atoms with van der Waals surface area (Å²) >= 11 is 7.77. The van der Waals surface area contributed by atoms with Crippen LogP contribution in [0.5, 0.6) is 5.88 Å². The minimum absolute atomic E-state index is 0.00933. The minimum atomic E-state index is -0.490. The third-order valence-corrected chi connectivity index (χ3v) is 7.10. The van der Waals surface area contributed by atoms with Gasteiger partial charge in [0.15, 0.2) is 0 Å². The minimum Gasteiger partial charge on any atom is -0.473 e. The van der Waals surface area contributed by atoms with Crippen LogP contribution >= 0.6 is 22.9 Å². The van der Waals surface area contributed by atoms with Gasteiger partial charge in [0.2, 0.25) is 5.88 Å². The molecule has 4 heterocycles. The van der Waals surface area contributed by atoms with Crippen LogP contribution in [0.1, 0.15) is 46.5 Å². The molecule has 1 amide bonds. The van der Waals surface area contributed by atoms with Crippen molar-refractivity contribution in [1.29, 1.82) is 0 Å². The molecule has 2 saturated heterocycles. The second-order valence-electron chi connectivity index (χ2n) is 9.37. The molecule has 3 aromatic rings. The van der Waals surface area contributed by atoms with Crippen molar-refractivity contribution in [2.45, 2.75) is 70.2 Å². The highest BCUT2D eigenvalue weighted by molar-refractivity contribution is 7.17. The Morgan fingerprint density at radius 3 is 2.53 bits per heavy atom. The van der Waals surface area contributed by atoms with E-state index in [1.807, 2.05) is 49.9 Å². The Kier molecular flexibility index (Phi) is 5.45. The van der Waals surface area contributed by atoms with E-state index in [9.17, 15) is 4.79 Å². The Hall–Kier alpha value is -2.45. The quantitative estimate of drug-likeness (QED) is 0.485. The number of fused-ring (bicyclic) bond motifs is 3. The van der Waals surface area contributed by atoms with Crippen molar-refractivity contribution in [2.24, 2.45) is 0 Å². The Morgan fingerprint density at radius 1 is 1.12 bits per heavy atom. The number of ether oxygens (including phenoxy) is 2. The number of amides is 1. The van der Waals surface area contributed by atoms with Gasteiger partial charge in [0.25, 0.3) is 0 Å². The average molecular weight is 473 g/mol. The van der Waals surface area contributed by atoms with E-state index < -0.39 is 5.60 Å². The van der Waals surface area contributed by atoms with Gasteiger partial charge >= 0.3 is 6.09 Å². The molecule has 168 valence electrons. The molecular weight excluding hydrogens is 448 g/mol. The van der Waals surface area contributed by atoms with Gasteiger partial charge in [0.05, 0.1) is 20.9 Å². The van der Waals surface area contributed by atoms with Crippen LogP contribution in [0, 0.1) is 0 Å². The van der Waals surface area contributed by atoms with E-state index in [2.05, 4.69) is 15.2 Å². The van der Waals surface area contributed by atoms with Crippen LogP contribution in [0.4, 0.5) is 4.79 Å². The van der Waals surface area contributed by atoms with E-state index in [-0.39, 0.29) is 24.3 Å². The lowest BCUT2D eigenvalue weighted by Gasteiger charge is -2.39. The monoisotopic (exact) mass is 472 g/mol. The summed E-state index contributed by atoms with van der Waals surface area (Å²) < 4.78 is 12.8. The van der Waals surface area contributed by atoms with Gasteiger partial charge in [-0.15, -0.1) is 21.5 Å². The van der Waals surface area contributed by atoms with Crippen molar-refractivity contribution in [1.82, 2.24) is 20.1 Å². The van der Waals surface area contributed by atoms with E-state index in [1.165, 1.54) is 11.3 Å². The summed E-state index contributed by atoms with van der Waals surface area (Å²) in [4.78, 5) is 18.9. The highest BCUT2D eigenvalue weighted by Gasteiger charge is 2.45. The van der Waals surface area contributed by atoms with E-state index in [4.69, 9.17) is 21.1 Å². The average Bonchev–Trinajstić information content (AvgIpc) is 3.32. The molecule has 0 saturated carbocycles. The number of aromatic nitrogens is 3. The first-order valence-electron chi connectivity index (χ1n) is 10.8. The van der Waals surface area contributed by atoms with E-state index in [1.54, 1.807) is 5.51 Å². The molecular formula is C23H25ClN4O3S. The summed E-state index contributed by atoms with van der Waals surface area (Å²) in [6, 6.07) is 7.83. The summed E-state index contributed by atoms with van der Waals surface area (Å²) in [6.45, 7) is 5.69. The molecule has 7 nitrogen and oxygen atoms in total. The highest BCUT2D eigenvalue weighted by atomic mass is 35.5. The maximum absolute atomic E-state index is 12.6. The normalized spacial score (nSPS) is 22.9. The molecule has 2 aromatic heterocycles. The molecule has 0 radical (unpaired) electrons. The molecule has 0 aliphatic carbocycles. The van der Waals surface area contributed by atoms with Gasteiger partial charge in [-0.2, -0.15) is 0 Å². The van der Waals surface area contributed by atoms with Crippen LogP contribution in [0.15, 0.2) is 29.8 Å². The summed E-state index contributed by atoms with van der Waals surface area (Å²) in [5.41, 5.74) is 3.78. The summed E-state index contributed by atoms with van der Waals surface area (Å²) in [7, 11) is 0. The smallest absolute Gasteiger partial charge is 0.410 e. The first-order valence-corrected chi connectivity index (χ1v) is 12.1. The van der Waals surface area contributed by atoms with Crippen molar-refractivity contribution in [3.05, 3.63) is 34.8 Å². The molecule has 2 aliphatic rings. The fraction of sp³-hybridized carbons (Fsp3) is 0.478. The first-order chi connectivity index (χ1) is 15.3. The molecule has 0 spiro atoms. The van der Waals surface area contributed by atoms with E-state index >= 15 is 0 Å². The van der Waals surface area contributed by atoms with Crippen LogP contribution in [-0.4, -0.2) is 50.0 Å². The predicted octanol–water partition coefficient (Wildman–Crippen LogP) is 5.72. The van der Waals surface area contributed by atoms with Crippen LogP contribution in [0.25, 0.3) is 21.5 Å². The fourth-order valence-corrected chi connectivity index (χ4v) is 5.75. The zero-order valence-electron chi connectivity index (χ0n) is 18.2. The van der Waals surface area contributed by atoms with Crippen LogP contribution < -0.4 is 4.74 Å². The number of thiazole rings is 1. The third-order valence-electron chi connectivity index (χ3n) is 5.93. The van der Waals surface area contributed by atoms with Gasteiger partial charge < -0.3 is 14.4 Å². The number of carbonyl (C=O) groups is 1. The molecule has 9 heteroatoms. The first kappa shape index (κ1) is 21.4. The lowest BCUT2D eigenvalue weighted by atomic mass is 10.0. The van der Waals surface area contributed by atoms with Gasteiger partial charge in [-0.05, 0) is 51.8 Å². The van der Waals surface area contributed by atoms with Crippen LogP contribution in [0.3, 0.4) is 0 Å². The van der Waals surface area contributed by atoms with Crippen LogP contribution in [0.2, 0.25) is 5.02 Å².